The zero-order valence-electron chi connectivity index (χ0n) is 14.2. The highest BCUT2D eigenvalue weighted by atomic mass is 15.2. The molecule has 2 heteroatoms. The first-order chi connectivity index (χ1) is 10.0. The first-order valence-electron chi connectivity index (χ1n) is 8.57. The van der Waals surface area contributed by atoms with Crippen molar-refractivity contribution in [3.63, 3.8) is 0 Å². The van der Waals surface area contributed by atoms with E-state index in [2.05, 4.69) is 62.2 Å². The fraction of sp³-hybridized carbons (Fsp3) is 0.684. The van der Waals surface area contributed by atoms with Crippen LogP contribution in [0.15, 0.2) is 24.3 Å². The fourth-order valence-corrected chi connectivity index (χ4v) is 3.18. The molecule has 1 saturated heterocycles. The third-order valence-electron chi connectivity index (χ3n) is 4.51. The van der Waals surface area contributed by atoms with Gasteiger partial charge in [0.1, 0.15) is 0 Å². The van der Waals surface area contributed by atoms with Crippen LogP contribution in [0.3, 0.4) is 0 Å². The number of benzene rings is 1. The van der Waals surface area contributed by atoms with Crippen LogP contribution in [0, 0.1) is 11.8 Å². The highest BCUT2D eigenvalue weighted by molar-refractivity contribution is 5.23. The maximum Gasteiger partial charge on any atom is 0.0236 e. The lowest BCUT2D eigenvalue weighted by molar-refractivity contribution is 0.117. The molecule has 0 saturated carbocycles. The van der Waals surface area contributed by atoms with Crippen LogP contribution in [0.2, 0.25) is 0 Å². The molecule has 0 amide bonds. The predicted octanol–water partition coefficient (Wildman–Crippen LogP) is 4.05. The van der Waals surface area contributed by atoms with E-state index >= 15 is 0 Å². The lowest BCUT2D eigenvalue weighted by Crippen LogP contribution is -2.40. The van der Waals surface area contributed by atoms with Crippen LogP contribution in [-0.2, 0) is 13.1 Å². The number of hydrogen-bond donors (Lipinski definition) is 1. The molecule has 1 aliphatic heterocycles. The summed E-state index contributed by atoms with van der Waals surface area (Å²) >= 11 is 0. The van der Waals surface area contributed by atoms with Crippen molar-refractivity contribution in [2.45, 2.75) is 59.7 Å². The molecule has 0 aromatic heterocycles. The summed E-state index contributed by atoms with van der Waals surface area (Å²) < 4.78 is 0. The van der Waals surface area contributed by atoms with E-state index in [1.807, 2.05) is 0 Å². The Morgan fingerprint density at radius 1 is 1.19 bits per heavy atom. The Morgan fingerprint density at radius 3 is 2.71 bits per heavy atom. The van der Waals surface area contributed by atoms with Gasteiger partial charge in [0, 0.05) is 25.7 Å². The molecule has 1 fully saturated rings. The number of hydrogen-bond acceptors (Lipinski definition) is 2. The zero-order valence-corrected chi connectivity index (χ0v) is 14.2. The second-order valence-corrected chi connectivity index (χ2v) is 7.31. The van der Waals surface area contributed by atoms with Crippen molar-refractivity contribution in [3.8, 4) is 0 Å². The maximum atomic E-state index is 3.53. The van der Waals surface area contributed by atoms with Crippen LogP contribution in [0.1, 0.15) is 51.7 Å². The first-order valence-corrected chi connectivity index (χ1v) is 8.57. The quantitative estimate of drug-likeness (QED) is 0.849. The van der Waals surface area contributed by atoms with Gasteiger partial charge in [-0.15, -0.1) is 0 Å². The molecule has 0 aliphatic carbocycles. The van der Waals surface area contributed by atoms with E-state index in [0.717, 1.165) is 31.6 Å². The van der Waals surface area contributed by atoms with Gasteiger partial charge < -0.3 is 5.32 Å². The third-order valence-corrected chi connectivity index (χ3v) is 4.51. The number of nitrogens with zero attached hydrogens (tertiary/aromatic N) is 1. The number of nitrogens with one attached hydrogen (secondary N) is 1. The van der Waals surface area contributed by atoms with Crippen LogP contribution >= 0.6 is 0 Å². The third kappa shape index (κ3) is 5.44. The van der Waals surface area contributed by atoms with E-state index in [-0.39, 0.29) is 0 Å². The lowest BCUT2D eigenvalue weighted by atomic mass is 9.94. The first kappa shape index (κ1) is 16.5. The molecule has 0 spiro atoms. The second-order valence-electron chi connectivity index (χ2n) is 7.31. The molecular weight excluding hydrogens is 256 g/mol. The van der Waals surface area contributed by atoms with Gasteiger partial charge in [-0.3, -0.25) is 4.90 Å². The molecule has 118 valence electrons. The Bertz CT molecular complexity index is 427. The molecule has 2 nitrogen and oxygen atoms in total. The summed E-state index contributed by atoms with van der Waals surface area (Å²) in [6, 6.07) is 9.82. The Kier molecular flexibility index (Phi) is 6.25. The molecule has 1 aromatic carbocycles. The lowest BCUT2D eigenvalue weighted by Gasteiger charge is -2.36. The van der Waals surface area contributed by atoms with Crippen LogP contribution in [0.5, 0.6) is 0 Å². The standard InChI is InChI=1S/C19H32N2/c1-15(2)11-20-12-18-6-5-7-19(10-18)14-21-13-16(3)8-9-17(21)4/h5-7,10,15-17,20H,8-9,11-14H2,1-4H3. The summed E-state index contributed by atoms with van der Waals surface area (Å²) in [6.07, 6.45) is 2.73. The van der Waals surface area contributed by atoms with E-state index in [1.54, 1.807) is 0 Å². The molecule has 21 heavy (non-hydrogen) atoms. The van der Waals surface area contributed by atoms with Gasteiger partial charge in [0.05, 0.1) is 0 Å². The molecule has 2 unspecified atom stereocenters. The van der Waals surface area contributed by atoms with Crippen molar-refractivity contribution < 1.29 is 0 Å². The van der Waals surface area contributed by atoms with Crippen LogP contribution < -0.4 is 5.32 Å². The number of rotatable bonds is 6. The minimum atomic E-state index is 0.712. The van der Waals surface area contributed by atoms with Gasteiger partial charge in [0.25, 0.3) is 0 Å². The minimum Gasteiger partial charge on any atom is -0.312 e. The molecule has 2 rings (SSSR count). The number of likely N-dealkylation sites (tertiary alicyclic amines) is 1. The van der Waals surface area contributed by atoms with Gasteiger partial charge in [-0.05, 0) is 49.3 Å². The zero-order chi connectivity index (χ0) is 15.2. The van der Waals surface area contributed by atoms with Gasteiger partial charge in [-0.2, -0.15) is 0 Å². The van der Waals surface area contributed by atoms with E-state index in [9.17, 15) is 0 Å². The van der Waals surface area contributed by atoms with Crippen molar-refractivity contribution in [1.82, 2.24) is 10.2 Å². The van der Waals surface area contributed by atoms with Crippen molar-refractivity contribution in [2.75, 3.05) is 13.1 Å². The van der Waals surface area contributed by atoms with Gasteiger partial charge in [0.15, 0.2) is 0 Å². The minimum absolute atomic E-state index is 0.712. The second kappa shape index (κ2) is 7.95. The van der Waals surface area contributed by atoms with Crippen molar-refractivity contribution >= 4 is 0 Å². The molecular formula is C19H32N2. The average molecular weight is 288 g/mol. The summed E-state index contributed by atoms with van der Waals surface area (Å²) in [6.45, 7) is 13.7. The number of piperidine rings is 1. The Balaban J connectivity index is 1.90. The summed E-state index contributed by atoms with van der Waals surface area (Å²) in [7, 11) is 0. The predicted molar refractivity (Wildman–Crippen MR) is 91.3 cm³/mol. The molecule has 1 aromatic rings. The van der Waals surface area contributed by atoms with Crippen molar-refractivity contribution in [3.05, 3.63) is 35.4 Å². The normalized spacial score (nSPS) is 23.7. The highest BCUT2D eigenvalue weighted by Gasteiger charge is 2.22. The van der Waals surface area contributed by atoms with Gasteiger partial charge in [0.2, 0.25) is 0 Å². The molecule has 1 heterocycles. The fourth-order valence-electron chi connectivity index (χ4n) is 3.18. The largest absolute Gasteiger partial charge is 0.312 e. The maximum absolute atomic E-state index is 3.53. The average Bonchev–Trinajstić information content (AvgIpc) is 2.43. The van der Waals surface area contributed by atoms with Crippen LogP contribution in [-0.4, -0.2) is 24.0 Å². The van der Waals surface area contributed by atoms with Gasteiger partial charge in [-0.25, -0.2) is 0 Å². The van der Waals surface area contributed by atoms with Crippen molar-refractivity contribution in [2.24, 2.45) is 11.8 Å². The molecule has 0 bridgehead atoms. The monoisotopic (exact) mass is 288 g/mol. The summed E-state index contributed by atoms with van der Waals surface area (Å²) in [4.78, 5) is 2.65. The topological polar surface area (TPSA) is 15.3 Å². The Hall–Kier alpha value is -0.860. The Morgan fingerprint density at radius 2 is 1.95 bits per heavy atom. The molecule has 0 radical (unpaired) electrons. The van der Waals surface area contributed by atoms with E-state index in [0.29, 0.717) is 5.92 Å². The van der Waals surface area contributed by atoms with E-state index < -0.39 is 0 Å². The molecule has 1 N–H and O–H groups in total. The van der Waals surface area contributed by atoms with E-state index in [1.165, 1.54) is 30.5 Å². The van der Waals surface area contributed by atoms with Gasteiger partial charge >= 0.3 is 0 Å². The van der Waals surface area contributed by atoms with Crippen LogP contribution in [0.25, 0.3) is 0 Å². The molecule has 2 atom stereocenters. The van der Waals surface area contributed by atoms with Crippen LogP contribution in [0.4, 0.5) is 0 Å². The summed E-state index contributed by atoms with van der Waals surface area (Å²) in [5.41, 5.74) is 2.87. The summed E-state index contributed by atoms with van der Waals surface area (Å²) in [5.74, 6) is 1.56. The van der Waals surface area contributed by atoms with E-state index in [4.69, 9.17) is 0 Å². The van der Waals surface area contributed by atoms with Gasteiger partial charge in [-0.1, -0.05) is 45.0 Å². The summed E-state index contributed by atoms with van der Waals surface area (Å²) in [5, 5.41) is 3.53. The SMILES string of the molecule is CC(C)CNCc1cccc(CN2CC(C)CCC2C)c1. The highest BCUT2D eigenvalue weighted by Crippen LogP contribution is 2.23. The Labute approximate surface area is 130 Å². The molecule has 1 aliphatic rings. The van der Waals surface area contributed by atoms with Crippen molar-refractivity contribution in [1.29, 1.82) is 0 Å². The smallest absolute Gasteiger partial charge is 0.0236 e.